The monoisotopic (exact) mass is 395 g/mol. The SMILES string of the molecule is CC[C@@H](Sc1ccc2nnc(-c3cccs3)n2n1)C(=O)Nc1ccccc1. The molecule has 0 spiro atoms. The number of carbonyl (C=O) groups excluding carboxylic acids is 1. The van der Waals surface area contributed by atoms with E-state index in [-0.39, 0.29) is 11.2 Å². The van der Waals surface area contributed by atoms with E-state index in [0.29, 0.717) is 17.9 Å². The zero-order valence-electron chi connectivity index (χ0n) is 14.6. The fraction of sp³-hybridized carbons (Fsp3) is 0.158. The predicted molar refractivity (Wildman–Crippen MR) is 109 cm³/mol. The normalized spacial score (nSPS) is 12.2. The fourth-order valence-electron chi connectivity index (χ4n) is 2.61. The van der Waals surface area contributed by atoms with Crippen LogP contribution in [0.4, 0.5) is 5.69 Å². The van der Waals surface area contributed by atoms with Crippen LogP contribution in [-0.2, 0) is 4.79 Å². The summed E-state index contributed by atoms with van der Waals surface area (Å²) in [7, 11) is 0. The molecule has 0 saturated heterocycles. The first-order chi connectivity index (χ1) is 13.2. The quantitative estimate of drug-likeness (QED) is 0.491. The second-order valence-corrected chi connectivity index (χ2v) is 7.98. The minimum absolute atomic E-state index is 0.0298. The van der Waals surface area contributed by atoms with Gasteiger partial charge < -0.3 is 5.32 Å². The third-order valence-corrected chi connectivity index (χ3v) is 6.10. The lowest BCUT2D eigenvalue weighted by molar-refractivity contribution is -0.115. The molecule has 0 aliphatic heterocycles. The first-order valence-corrected chi connectivity index (χ1v) is 10.3. The van der Waals surface area contributed by atoms with Crippen LogP contribution in [0.15, 0.2) is 65.0 Å². The van der Waals surface area contributed by atoms with Gasteiger partial charge in [0.1, 0.15) is 5.03 Å². The van der Waals surface area contributed by atoms with Crippen molar-refractivity contribution in [1.29, 1.82) is 0 Å². The van der Waals surface area contributed by atoms with Crippen molar-refractivity contribution in [2.75, 3.05) is 5.32 Å². The third-order valence-electron chi connectivity index (χ3n) is 3.95. The molecule has 0 bridgehead atoms. The summed E-state index contributed by atoms with van der Waals surface area (Å²) >= 11 is 3.04. The average molecular weight is 396 g/mol. The molecule has 27 heavy (non-hydrogen) atoms. The van der Waals surface area contributed by atoms with Crippen LogP contribution in [0, 0.1) is 0 Å². The standard InChI is InChI=1S/C19H17N5OS2/c1-2-14(19(25)20-13-7-4-3-5-8-13)27-17-11-10-16-21-22-18(24(16)23-17)15-9-6-12-26-15/h3-12,14H,2H2,1H3,(H,20,25)/t14-/m1/s1. The second-order valence-electron chi connectivity index (χ2n) is 5.81. The summed E-state index contributed by atoms with van der Waals surface area (Å²) in [6.45, 7) is 2.00. The van der Waals surface area contributed by atoms with Crippen molar-refractivity contribution < 1.29 is 4.79 Å². The number of hydrogen-bond acceptors (Lipinski definition) is 6. The van der Waals surface area contributed by atoms with E-state index >= 15 is 0 Å². The van der Waals surface area contributed by atoms with E-state index < -0.39 is 0 Å². The van der Waals surface area contributed by atoms with Gasteiger partial charge in [0.15, 0.2) is 11.5 Å². The molecule has 1 aromatic carbocycles. The number of anilines is 1. The van der Waals surface area contributed by atoms with Gasteiger partial charge in [-0.1, -0.05) is 43.0 Å². The lowest BCUT2D eigenvalue weighted by Gasteiger charge is -2.14. The van der Waals surface area contributed by atoms with Gasteiger partial charge in [0.25, 0.3) is 0 Å². The molecule has 1 amide bonds. The Hall–Kier alpha value is -2.71. The Kier molecular flexibility index (Phi) is 5.17. The van der Waals surface area contributed by atoms with Gasteiger partial charge in [0.2, 0.25) is 5.91 Å². The number of rotatable bonds is 6. The van der Waals surface area contributed by atoms with E-state index in [1.165, 1.54) is 11.8 Å². The zero-order chi connectivity index (χ0) is 18.6. The summed E-state index contributed by atoms with van der Waals surface area (Å²) in [5.41, 5.74) is 1.48. The predicted octanol–water partition coefficient (Wildman–Crippen LogP) is 4.36. The van der Waals surface area contributed by atoms with Gasteiger partial charge in [-0.15, -0.1) is 21.5 Å². The van der Waals surface area contributed by atoms with Crippen LogP contribution in [0.5, 0.6) is 0 Å². The number of amides is 1. The maximum Gasteiger partial charge on any atom is 0.237 e. The highest BCUT2D eigenvalue weighted by atomic mass is 32.2. The highest BCUT2D eigenvalue weighted by Gasteiger charge is 2.20. The maximum atomic E-state index is 12.6. The van der Waals surface area contributed by atoms with Crippen LogP contribution in [0.2, 0.25) is 0 Å². The number of thioether (sulfide) groups is 1. The highest BCUT2D eigenvalue weighted by Crippen LogP contribution is 2.27. The topological polar surface area (TPSA) is 72.2 Å². The van der Waals surface area contributed by atoms with Gasteiger partial charge >= 0.3 is 0 Å². The molecule has 1 atom stereocenters. The summed E-state index contributed by atoms with van der Waals surface area (Å²) in [6.07, 6.45) is 0.697. The maximum absolute atomic E-state index is 12.6. The Morgan fingerprint density at radius 2 is 2.00 bits per heavy atom. The molecule has 0 aliphatic rings. The third kappa shape index (κ3) is 3.86. The molecule has 0 aliphatic carbocycles. The average Bonchev–Trinajstić information content (AvgIpc) is 3.36. The van der Waals surface area contributed by atoms with Gasteiger partial charge in [-0.25, -0.2) is 0 Å². The summed E-state index contributed by atoms with van der Waals surface area (Å²) < 4.78 is 1.73. The minimum atomic E-state index is -0.239. The van der Waals surface area contributed by atoms with E-state index in [9.17, 15) is 4.79 Å². The Morgan fingerprint density at radius 3 is 2.74 bits per heavy atom. The van der Waals surface area contributed by atoms with Crippen LogP contribution in [0.25, 0.3) is 16.3 Å². The Bertz CT molecular complexity index is 1050. The number of aromatic nitrogens is 4. The number of hydrogen-bond donors (Lipinski definition) is 1. The molecule has 8 heteroatoms. The number of carbonyl (C=O) groups is 1. The van der Waals surface area contributed by atoms with Crippen molar-refractivity contribution in [3.63, 3.8) is 0 Å². The van der Waals surface area contributed by atoms with E-state index in [0.717, 1.165) is 15.6 Å². The number of nitrogens with one attached hydrogen (secondary N) is 1. The molecular weight excluding hydrogens is 378 g/mol. The molecule has 6 nitrogen and oxygen atoms in total. The van der Waals surface area contributed by atoms with Crippen molar-refractivity contribution in [2.24, 2.45) is 0 Å². The number of fused-ring (bicyclic) bond motifs is 1. The van der Waals surface area contributed by atoms with Crippen molar-refractivity contribution in [1.82, 2.24) is 19.8 Å². The van der Waals surface area contributed by atoms with Crippen LogP contribution in [0.3, 0.4) is 0 Å². The van der Waals surface area contributed by atoms with E-state index in [1.54, 1.807) is 15.9 Å². The Morgan fingerprint density at radius 1 is 1.15 bits per heavy atom. The highest BCUT2D eigenvalue weighted by molar-refractivity contribution is 8.00. The molecule has 0 radical (unpaired) electrons. The summed E-state index contributed by atoms with van der Waals surface area (Å²) in [6, 6.07) is 17.2. The zero-order valence-corrected chi connectivity index (χ0v) is 16.2. The van der Waals surface area contributed by atoms with Gasteiger partial charge in [-0.3, -0.25) is 4.79 Å². The van der Waals surface area contributed by atoms with Gasteiger partial charge in [-0.2, -0.15) is 9.61 Å². The number of nitrogens with zero attached hydrogens (tertiary/aromatic N) is 4. The second kappa shape index (κ2) is 7.89. The molecule has 1 N–H and O–H groups in total. The summed E-state index contributed by atoms with van der Waals surface area (Å²) in [5, 5.41) is 18.5. The molecule has 4 rings (SSSR count). The number of thiophene rings is 1. The first-order valence-electron chi connectivity index (χ1n) is 8.53. The van der Waals surface area contributed by atoms with Crippen molar-refractivity contribution in [3.8, 4) is 10.7 Å². The van der Waals surface area contributed by atoms with Gasteiger partial charge in [0.05, 0.1) is 10.1 Å². The van der Waals surface area contributed by atoms with Crippen molar-refractivity contribution in [3.05, 3.63) is 60.0 Å². The van der Waals surface area contributed by atoms with E-state index in [1.807, 2.05) is 66.9 Å². The molecule has 3 aromatic heterocycles. The summed E-state index contributed by atoms with van der Waals surface area (Å²) in [5.74, 6) is 0.682. The lowest BCUT2D eigenvalue weighted by atomic mass is 10.3. The fourth-order valence-corrected chi connectivity index (χ4v) is 4.20. The molecule has 4 aromatic rings. The Labute approximate surface area is 164 Å². The van der Waals surface area contributed by atoms with Gasteiger partial charge in [-0.05, 0) is 42.1 Å². The first kappa shape index (κ1) is 17.7. The minimum Gasteiger partial charge on any atom is -0.325 e. The molecule has 0 fully saturated rings. The van der Waals surface area contributed by atoms with Crippen LogP contribution in [-0.4, -0.2) is 31.0 Å². The smallest absolute Gasteiger partial charge is 0.237 e. The number of benzene rings is 1. The molecule has 0 saturated carbocycles. The molecule has 3 heterocycles. The Balaban J connectivity index is 1.56. The summed E-state index contributed by atoms with van der Waals surface area (Å²) in [4.78, 5) is 13.6. The van der Waals surface area contributed by atoms with E-state index in [2.05, 4.69) is 20.6 Å². The lowest BCUT2D eigenvalue weighted by Crippen LogP contribution is -2.24. The van der Waals surface area contributed by atoms with Crippen LogP contribution in [0.1, 0.15) is 13.3 Å². The molecule has 136 valence electrons. The molecule has 0 unspecified atom stereocenters. The van der Waals surface area contributed by atoms with Crippen LogP contribution < -0.4 is 5.32 Å². The van der Waals surface area contributed by atoms with Crippen molar-refractivity contribution >= 4 is 40.3 Å². The largest absolute Gasteiger partial charge is 0.325 e. The van der Waals surface area contributed by atoms with Crippen LogP contribution >= 0.6 is 23.1 Å². The van der Waals surface area contributed by atoms with E-state index in [4.69, 9.17) is 0 Å². The van der Waals surface area contributed by atoms with Crippen molar-refractivity contribution in [2.45, 2.75) is 23.6 Å². The van der Waals surface area contributed by atoms with Gasteiger partial charge in [0, 0.05) is 5.69 Å². The molecular formula is C19H17N5OS2. The number of para-hydroxylation sites is 1.